The van der Waals surface area contributed by atoms with Crippen molar-refractivity contribution in [3.8, 4) is 34.7 Å². The molecule has 4 rings (SSSR count). The fourth-order valence-corrected chi connectivity index (χ4v) is 5.13. The van der Waals surface area contributed by atoms with Gasteiger partial charge in [-0.05, 0) is 56.0 Å². The lowest BCUT2D eigenvalue weighted by atomic mass is 10.0. The van der Waals surface area contributed by atoms with Crippen LogP contribution in [-0.2, 0) is 21.2 Å². The van der Waals surface area contributed by atoms with Crippen LogP contribution in [0.25, 0.3) is 22.8 Å². The molecule has 1 aromatic heterocycles. The number of fused-ring (bicyclic) bond motifs is 1. The van der Waals surface area contributed by atoms with Gasteiger partial charge in [-0.15, -0.1) is 0 Å². The second kappa shape index (κ2) is 9.24. The highest BCUT2D eigenvalue weighted by molar-refractivity contribution is 7.90. The van der Waals surface area contributed by atoms with Crippen LogP contribution in [0, 0.1) is 11.3 Å². The van der Waals surface area contributed by atoms with Gasteiger partial charge in [0.05, 0.1) is 11.7 Å². The molecule has 1 heterocycles. The van der Waals surface area contributed by atoms with Crippen molar-refractivity contribution < 1.29 is 22.5 Å². The smallest absolute Gasteiger partial charge is 0.258 e. The topological polar surface area (TPSA) is 161 Å². The number of sulfonamides is 1. The fraction of sp³-hybridized carbons (Fsp3) is 0.304. The van der Waals surface area contributed by atoms with E-state index in [2.05, 4.69) is 20.9 Å². The number of amides is 1. The van der Waals surface area contributed by atoms with Gasteiger partial charge in [-0.3, -0.25) is 4.79 Å². The van der Waals surface area contributed by atoms with Crippen molar-refractivity contribution in [2.24, 2.45) is 5.73 Å². The molecule has 10 nitrogen and oxygen atoms in total. The summed E-state index contributed by atoms with van der Waals surface area (Å²) in [6.07, 6.45) is 1.05. The molecule has 0 spiro atoms. The summed E-state index contributed by atoms with van der Waals surface area (Å²) >= 11 is 0. The zero-order valence-electron chi connectivity index (χ0n) is 18.6. The molecule has 0 bridgehead atoms. The van der Waals surface area contributed by atoms with Crippen molar-refractivity contribution in [3.05, 3.63) is 53.1 Å². The van der Waals surface area contributed by atoms with E-state index in [0.29, 0.717) is 35.5 Å². The number of benzene rings is 2. The van der Waals surface area contributed by atoms with E-state index in [0.717, 1.165) is 16.7 Å². The van der Waals surface area contributed by atoms with E-state index in [1.54, 1.807) is 24.3 Å². The highest BCUT2D eigenvalue weighted by atomic mass is 32.2. The molecular weight excluding hydrogens is 458 g/mol. The fourth-order valence-electron chi connectivity index (χ4n) is 3.99. The summed E-state index contributed by atoms with van der Waals surface area (Å²) in [7, 11) is -3.85. The SMILES string of the molecule is CC(C)Oc1ccc(-c2nc(-c3cccc4c3CC[C@@H]4NS(=O)(=O)CC(N)=O)no2)cc1C#N. The quantitative estimate of drug-likeness (QED) is 0.496. The maximum atomic E-state index is 12.2. The van der Waals surface area contributed by atoms with Crippen molar-refractivity contribution >= 4 is 15.9 Å². The normalized spacial score (nSPS) is 15.2. The van der Waals surface area contributed by atoms with Crippen molar-refractivity contribution in [2.75, 3.05) is 5.75 Å². The van der Waals surface area contributed by atoms with Gasteiger partial charge in [0.15, 0.2) is 0 Å². The van der Waals surface area contributed by atoms with E-state index >= 15 is 0 Å². The first-order chi connectivity index (χ1) is 16.2. The Balaban J connectivity index is 1.62. The molecule has 0 saturated carbocycles. The number of hydrogen-bond acceptors (Lipinski definition) is 8. The Morgan fingerprint density at radius 1 is 1.35 bits per heavy atom. The van der Waals surface area contributed by atoms with Crippen LogP contribution in [0.1, 0.15) is 43.0 Å². The number of nitriles is 1. The van der Waals surface area contributed by atoms with Crippen LogP contribution in [0.2, 0.25) is 0 Å². The van der Waals surface area contributed by atoms with E-state index in [4.69, 9.17) is 15.0 Å². The molecule has 3 N–H and O–H groups in total. The first-order valence-electron chi connectivity index (χ1n) is 10.6. The van der Waals surface area contributed by atoms with Gasteiger partial charge in [0.2, 0.25) is 21.8 Å². The lowest BCUT2D eigenvalue weighted by Crippen LogP contribution is -2.35. The summed E-state index contributed by atoms with van der Waals surface area (Å²) in [5.74, 6) is -0.599. The molecule has 0 unspecified atom stereocenters. The maximum absolute atomic E-state index is 12.2. The average molecular weight is 482 g/mol. The number of aromatic nitrogens is 2. The number of hydrogen-bond donors (Lipinski definition) is 2. The number of nitrogens with two attached hydrogens (primary N) is 1. The molecule has 1 amide bonds. The van der Waals surface area contributed by atoms with Crippen LogP contribution in [0.15, 0.2) is 40.9 Å². The van der Waals surface area contributed by atoms with Gasteiger partial charge in [-0.25, -0.2) is 13.1 Å². The van der Waals surface area contributed by atoms with Crippen molar-refractivity contribution in [3.63, 3.8) is 0 Å². The van der Waals surface area contributed by atoms with E-state index in [-0.39, 0.29) is 12.0 Å². The lowest BCUT2D eigenvalue weighted by Gasteiger charge is -2.14. The lowest BCUT2D eigenvalue weighted by molar-refractivity contribution is -0.115. The van der Waals surface area contributed by atoms with Crippen molar-refractivity contribution in [1.82, 2.24) is 14.9 Å². The molecule has 0 radical (unpaired) electrons. The van der Waals surface area contributed by atoms with E-state index in [1.807, 2.05) is 26.0 Å². The van der Waals surface area contributed by atoms with Gasteiger partial charge >= 0.3 is 0 Å². The van der Waals surface area contributed by atoms with Crippen LogP contribution in [0.4, 0.5) is 0 Å². The second-order valence-corrected chi connectivity index (χ2v) is 9.97. The summed E-state index contributed by atoms with van der Waals surface area (Å²) in [6, 6.07) is 12.2. The zero-order valence-corrected chi connectivity index (χ0v) is 19.4. The summed E-state index contributed by atoms with van der Waals surface area (Å²) < 4.78 is 38.0. The van der Waals surface area contributed by atoms with Crippen LogP contribution in [-0.4, -0.2) is 36.3 Å². The number of rotatable bonds is 8. The second-order valence-electron chi connectivity index (χ2n) is 8.22. The first kappa shape index (κ1) is 23.4. The highest BCUT2D eigenvalue weighted by Gasteiger charge is 2.30. The predicted molar refractivity (Wildman–Crippen MR) is 123 cm³/mol. The van der Waals surface area contributed by atoms with Crippen LogP contribution in [0.5, 0.6) is 5.75 Å². The first-order valence-corrected chi connectivity index (χ1v) is 12.3. The molecule has 2 aromatic carbocycles. The third-order valence-electron chi connectivity index (χ3n) is 5.30. The molecule has 0 aliphatic heterocycles. The molecule has 1 aliphatic carbocycles. The van der Waals surface area contributed by atoms with Gasteiger partial charge in [0, 0.05) is 17.2 Å². The number of nitrogens with zero attached hydrogens (tertiary/aromatic N) is 3. The number of carbonyl (C=O) groups is 1. The molecular formula is C23H23N5O5S. The minimum absolute atomic E-state index is 0.0720. The van der Waals surface area contributed by atoms with E-state index in [1.165, 1.54) is 0 Å². The molecule has 3 aromatic rings. The summed E-state index contributed by atoms with van der Waals surface area (Å²) in [6.45, 7) is 3.76. The molecule has 176 valence electrons. The zero-order chi connectivity index (χ0) is 24.5. The summed E-state index contributed by atoms with van der Waals surface area (Å²) in [5, 5.41) is 13.6. The largest absolute Gasteiger partial charge is 0.490 e. The predicted octanol–water partition coefficient (Wildman–Crippen LogP) is 2.45. The van der Waals surface area contributed by atoms with Gasteiger partial charge < -0.3 is 15.0 Å². The molecule has 0 saturated heterocycles. The molecule has 34 heavy (non-hydrogen) atoms. The maximum Gasteiger partial charge on any atom is 0.258 e. The van der Waals surface area contributed by atoms with Gasteiger partial charge in [-0.1, -0.05) is 23.4 Å². The van der Waals surface area contributed by atoms with Crippen LogP contribution >= 0.6 is 0 Å². The number of nitrogens with one attached hydrogen (secondary N) is 1. The monoisotopic (exact) mass is 481 g/mol. The standard InChI is InChI=1S/C23H23N5O5S/c1-13(2)32-20-9-6-14(10-15(20)11-24)23-26-22(27-33-23)18-5-3-4-17-16(18)7-8-19(17)28-34(30,31)12-21(25)29/h3-6,9-10,13,19,28H,7-8,12H2,1-2H3,(H2,25,29)/t19-/m0/s1. The minimum Gasteiger partial charge on any atom is -0.490 e. The molecule has 11 heteroatoms. The molecule has 1 atom stereocenters. The Morgan fingerprint density at radius 3 is 2.85 bits per heavy atom. The Morgan fingerprint density at radius 2 is 2.15 bits per heavy atom. The van der Waals surface area contributed by atoms with Gasteiger partial charge in [-0.2, -0.15) is 10.2 Å². The van der Waals surface area contributed by atoms with Crippen molar-refractivity contribution in [1.29, 1.82) is 5.26 Å². The third-order valence-corrected chi connectivity index (χ3v) is 6.61. The Bertz CT molecular complexity index is 1390. The summed E-state index contributed by atoms with van der Waals surface area (Å²) in [4.78, 5) is 15.6. The van der Waals surface area contributed by atoms with Crippen molar-refractivity contribution in [2.45, 2.75) is 38.8 Å². The van der Waals surface area contributed by atoms with Crippen LogP contribution in [0.3, 0.4) is 0 Å². The Hall–Kier alpha value is -3.75. The average Bonchev–Trinajstić information content (AvgIpc) is 3.40. The number of carbonyl (C=O) groups excluding carboxylic acids is 1. The van der Waals surface area contributed by atoms with E-state index < -0.39 is 27.7 Å². The molecule has 0 fully saturated rings. The van der Waals surface area contributed by atoms with Gasteiger partial charge in [0.1, 0.15) is 17.6 Å². The highest BCUT2D eigenvalue weighted by Crippen LogP contribution is 2.38. The Labute approximate surface area is 196 Å². The minimum atomic E-state index is -3.85. The Kier molecular flexibility index (Phi) is 6.37. The summed E-state index contributed by atoms with van der Waals surface area (Å²) in [5.41, 5.74) is 8.39. The third kappa shape index (κ3) is 4.93. The number of ether oxygens (including phenoxy) is 1. The molecule has 1 aliphatic rings. The van der Waals surface area contributed by atoms with E-state index in [9.17, 15) is 18.5 Å². The van der Waals surface area contributed by atoms with Gasteiger partial charge in [0.25, 0.3) is 5.89 Å². The number of primary amides is 1. The van der Waals surface area contributed by atoms with Crippen LogP contribution < -0.4 is 15.2 Å².